The summed E-state index contributed by atoms with van der Waals surface area (Å²) >= 11 is 24.5. The molecule has 3 rings (SSSR count). The van der Waals surface area contributed by atoms with Crippen LogP contribution in [0, 0.1) is 5.92 Å². The minimum absolute atomic E-state index is 0.0294. The number of anilines is 1. The fourth-order valence-electron chi connectivity index (χ4n) is 3.19. The number of hydrogen-bond donors (Lipinski definition) is 1. The van der Waals surface area contributed by atoms with Gasteiger partial charge in [0.25, 0.3) is 0 Å². The molecule has 0 spiro atoms. The van der Waals surface area contributed by atoms with Gasteiger partial charge in [0.2, 0.25) is 5.91 Å². The van der Waals surface area contributed by atoms with Crippen LogP contribution in [0.1, 0.15) is 18.4 Å². The maximum atomic E-state index is 12.6. The Kier molecular flexibility index (Phi) is 6.70. The van der Waals surface area contributed by atoms with Gasteiger partial charge in [0.05, 0.1) is 5.92 Å². The van der Waals surface area contributed by atoms with Crippen molar-refractivity contribution in [1.29, 1.82) is 0 Å². The molecule has 1 fully saturated rings. The van der Waals surface area contributed by atoms with Crippen LogP contribution in [0.5, 0.6) is 0 Å². The number of carbonyl (C=O) groups is 1. The summed E-state index contributed by atoms with van der Waals surface area (Å²) in [7, 11) is 0. The maximum absolute atomic E-state index is 12.6. The summed E-state index contributed by atoms with van der Waals surface area (Å²) in [6.45, 7) is 2.20. The molecule has 0 unspecified atom stereocenters. The highest BCUT2D eigenvalue weighted by molar-refractivity contribution is 6.36. The van der Waals surface area contributed by atoms with E-state index < -0.39 is 0 Å². The van der Waals surface area contributed by atoms with Crippen molar-refractivity contribution in [2.45, 2.75) is 19.4 Å². The van der Waals surface area contributed by atoms with Crippen LogP contribution in [0.15, 0.2) is 36.4 Å². The number of piperidine rings is 1. The predicted octanol–water partition coefficient (Wildman–Crippen LogP) is 6.15. The molecule has 3 nitrogen and oxygen atoms in total. The van der Waals surface area contributed by atoms with Gasteiger partial charge in [-0.2, -0.15) is 0 Å². The number of halogens is 4. The Labute approximate surface area is 173 Å². The van der Waals surface area contributed by atoms with Crippen LogP contribution in [0.25, 0.3) is 0 Å². The van der Waals surface area contributed by atoms with Gasteiger partial charge >= 0.3 is 0 Å². The lowest BCUT2D eigenvalue weighted by atomic mass is 9.96. The first kappa shape index (κ1) is 19.8. The normalized spacial score (nSPS) is 17.9. The molecule has 138 valence electrons. The highest BCUT2D eigenvalue weighted by Crippen LogP contribution is 2.28. The van der Waals surface area contributed by atoms with E-state index in [2.05, 4.69) is 10.2 Å². The van der Waals surface area contributed by atoms with Gasteiger partial charge < -0.3 is 5.32 Å². The van der Waals surface area contributed by atoms with E-state index in [-0.39, 0.29) is 11.8 Å². The van der Waals surface area contributed by atoms with Crippen LogP contribution in [-0.2, 0) is 11.3 Å². The van der Waals surface area contributed by atoms with Crippen molar-refractivity contribution < 1.29 is 4.79 Å². The minimum atomic E-state index is -0.109. The van der Waals surface area contributed by atoms with Crippen LogP contribution in [0.3, 0.4) is 0 Å². The van der Waals surface area contributed by atoms with E-state index in [0.717, 1.165) is 24.9 Å². The Morgan fingerprint density at radius 2 is 1.73 bits per heavy atom. The van der Waals surface area contributed by atoms with Crippen LogP contribution < -0.4 is 5.32 Å². The summed E-state index contributed by atoms with van der Waals surface area (Å²) in [5, 5.41) is 5.20. The van der Waals surface area contributed by atoms with Crippen LogP contribution in [0.2, 0.25) is 20.1 Å². The van der Waals surface area contributed by atoms with E-state index in [1.807, 2.05) is 18.2 Å². The van der Waals surface area contributed by atoms with Crippen molar-refractivity contribution >= 4 is 58.0 Å². The number of amides is 1. The van der Waals surface area contributed by atoms with Crippen LogP contribution >= 0.6 is 46.4 Å². The molecule has 1 aliphatic heterocycles. The maximum Gasteiger partial charge on any atom is 0.228 e. The zero-order valence-corrected chi connectivity index (χ0v) is 17.0. The van der Waals surface area contributed by atoms with Crippen molar-refractivity contribution in [3.05, 3.63) is 62.1 Å². The first-order valence-electron chi connectivity index (χ1n) is 8.34. The van der Waals surface area contributed by atoms with Gasteiger partial charge in [-0.05, 0) is 49.7 Å². The summed E-state index contributed by atoms with van der Waals surface area (Å²) in [5.41, 5.74) is 1.51. The number of hydrogen-bond acceptors (Lipinski definition) is 2. The molecule has 7 heteroatoms. The second-order valence-corrected chi connectivity index (χ2v) is 8.11. The van der Waals surface area contributed by atoms with E-state index in [1.54, 1.807) is 18.2 Å². The molecule has 2 aromatic carbocycles. The third-order valence-electron chi connectivity index (χ3n) is 4.45. The zero-order valence-electron chi connectivity index (χ0n) is 13.9. The first-order chi connectivity index (χ1) is 12.4. The fraction of sp³-hybridized carbons (Fsp3) is 0.316. The van der Waals surface area contributed by atoms with Crippen molar-refractivity contribution in [2.75, 3.05) is 18.4 Å². The molecule has 1 atom stereocenters. The van der Waals surface area contributed by atoms with E-state index in [9.17, 15) is 4.79 Å². The van der Waals surface area contributed by atoms with Crippen molar-refractivity contribution in [1.82, 2.24) is 4.90 Å². The fourth-order valence-corrected chi connectivity index (χ4v) is 4.23. The third-order valence-corrected chi connectivity index (χ3v) is 5.59. The predicted molar refractivity (Wildman–Crippen MR) is 110 cm³/mol. The molecule has 0 radical (unpaired) electrons. The molecule has 2 aromatic rings. The average Bonchev–Trinajstić information content (AvgIpc) is 2.57. The molecule has 1 amide bonds. The molecule has 0 bridgehead atoms. The SMILES string of the molecule is O=C(Nc1cc(Cl)cc(Cl)c1)[C@@H]1CCCN(Cc2c(Cl)cccc2Cl)C1. The average molecular weight is 432 g/mol. The van der Waals surface area contributed by atoms with E-state index in [4.69, 9.17) is 46.4 Å². The van der Waals surface area contributed by atoms with Gasteiger partial charge in [-0.1, -0.05) is 52.5 Å². The minimum Gasteiger partial charge on any atom is -0.326 e. The summed E-state index contributed by atoms with van der Waals surface area (Å²) in [6, 6.07) is 10.5. The van der Waals surface area contributed by atoms with Gasteiger partial charge in [-0.15, -0.1) is 0 Å². The molecular weight excluding hydrogens is 414 g/mol. The Bertz CT molecular complexity index is 772. The third kappa shape index (κ3) is 5.05. The number of carbonyl (C=O) groups excluding carboxylic acids is 1. The second kappa shape index (κ2) is 8.81. The highest BCUT2D eigenvalue weighted by atomic mass is 35.5. The standard InChI is InChI=1S/C19H18Cl4N2O/c20-13-7-14(21)9-15(8-13)24-19(26)12-3-2-6-25(10-12)11-16-17(22)4-1-5-18(16)23/h1,4-5,7-9,12H,2-3,6,10-11H2,(H,24,26)/t12-/m1/s1. The highest BCUT2D eigenvalue weighted by Gasteiger charge is 2.26. The zero-order chi connectivity index (χ0) is 18.7. The molecular formula is C19H18Cl4N2O. The summed E-state index contributed by atoms with van der Waals surface area (Å²) in [5.74, 6) is -0.138. The Morgan fingerprint density at radius 3 is 2.38 bits per heavy atom. The number of rotatable bonds is 4. The Balaban J connectivity index is 1.65. The van der Waals surface area contributed by atoms with Crippen molar-refractivity contribution in [3.8, 4) is 0 Å². The Morgan fingerprint density at radius 1 is 1.08 bits per heavy atom. The molecule has 0 aliphatic carbocycles. The molecule has 1 aliphatic rings. The summed E-state index contributed by atoms with van der Waals surface area (Å²) < 4.78 is 0. The van der Waals surface area contributed by atoms with Crippen LogP contribution in [-0.4, -0.2) is 23.9 Å². The lowest BCUT2D eigenvalue weighted by Gasteiger charge is -2.32. The van der Waals surface area contributed by atoms with E-state index in [0.29, 0.717) is 38.9 Å². The monoisotopic (exact) mass is 430 g/mol. The number of nitrogens with one attached hydrogen (secondary N) is 1. The van der Waals surface area contributed by atoms with Gasteiger partial charge in [0.15, 0.2) is 0 Å². The molecule has 1 saturated heterocycles. The first-order valence-corrected chi connectivity index (χ1v) is 9.86. The van der Waals surface area contributed by atoms with Crippen molar-refractivity contribution in [2.24, 2.45) is 5.92 Å². The van der Waals surface area contributed by atoms with Crippen molar-refractivity contribution in [3.63, 3.8) is 0 Å². The summed E-state index contributed by atoms with van der Waals surface area (Å²) in [4.78, 5) is 14.9. The van der Waals surface area contributed by atoms with E-state index >= 15 is 0 Å². The molecule has 26 heavy (non-hydrogen) atoms. The summed E-state index contributed by atoms with van der Waals surface area (Å²) in [6.07, 6.45) is 1.78. The quantitative estimate of drug-likeness (QED) is 0.629. The van der Waals surface area contributed by atoms with Gasteiger partial charge in [0, 0.05) is 44.4 Å². The number of nitrogens with zero attached hydrogens (tertiary/aromatic N) is 1. The lowest BCUT2D eigenvalue weighted by Crippen LogP contribution is -2.40. The molecule has 1 heterocycles. The Hall–Kier alpha value is -0.970. The second-order valence-electron chi connectivity index (χ2n) is 6.42. The van der Waals surface area contributed by atoms with Gasteiger partial charge in [-0.3, -0.25) is 9.69 Å². The number of likely N-dealkylation sites (tertiary alicyclic amines) is 1. The number of benzene rings is 2. The van der Waals surface area contributed by atoms with Gasteiger partial charge in [-0.25, -0.2) is 0 Å². The smallest absolute Gasteiger partial charge is 0.228 e. The lowest BCUT2D eigenvalue weighted by molar-refractivity contribution is -0.121. The molecule has 1 N–H and O–H groups in total. The molecule has 0 aromatic heterocycles. The van der Waals surface area contributed by atoms with Gasteiger partial charge in [0.1, 0.15) is 0 Å². The van der Waals surface area contributed by atoms with E-state index in [1.165, 1.54) is 0 Å². The largest absolute Gasteiger partial charge is 0.326 e. The molecule has 0 saturated carbocycles. The topological polar surface area (TPSA) is 32.3 Å². The van der Waals surface area contributed by atoms with Crippen LogP contribution in [0.4, 0.5) is 5.69 Å².